The molecule has 0 saturated carbocycles. The van der Waals surface area contributed by atoms with Gasteiger partial charge in [-0.1, -0.05) is 13.8 Å². The second-order valence-electron chi connectivity index (χ2n) is 6.15. The Morgan fingerprint density at radius 1 is 1.39 bits per heavy atom. The van der Waals surface area contributed by atoms with Crippen molar-refractivity contribution in [2.45, 2.75) is 52.7 Å². The van der Waals surface area contributed by atoms with Crippen molar-refractivity contribution in [1.82, 2.24) is 15.1 Å². The molecule has 0 spiro atoms. The number of nitrogens with one attached hydrogen (secondary N) is 1. The molecule has 0 fully saturated rings. The van der Waals surface area contributed by atoms with E-state index < -0.39 is 0 Å². The highest BCUT2D eigenvalue weighted by Gasteiger charge is 2.15. The molecule has 1 rings (SSSR count). The number of aromatic nitrogens is 2. The fourth-order valence-electron chi connectivity index (χ4n) is 1.73. The van der Waals surface area contributed by atoms with Crippen LogP contribution in [0, 0.1) is 5.92 Å². The Bertz CT molecular complexity index is 352. The van der Waals surface area contributed by atoms with Crippen LogP contribution >= 0.6 is 0 Å². The lowest BCUT2D eigenvalue weighted by molar-refractivity contribution is 0.146. The van der Waals surface area contributed by atoms with E-state index in [0.717, 1.165) is 13.2 Å². The normalized spacial score (nSPS) is 14.2. The van der Waals surface area contributed by atoms with E-state index in [-0.39, 0.29) is 5.54 Å². The van der Waals surface area contributed by atoms with E-state index in [2.05, 4.69) is 51.2 Å². The molecule has 0 amide bonds. The molecule has 1 unspecified atom stereocenters. The lowest BCUT2D eigenvalue weighted by atomic mass is 10.1. The van der Waals surface area contributed by atoms with Crippen LogP contribution in [0.15, 0.2) is 12.4 Å². The summed E-state index contributed by atoms with van der Waals surface area (Å²) in [4.78, 5) is 0. The van der Waals surface area contributed by atoms with Crippen molar-refractivity contribution in [1.29, 1.82) is 0 Å². The molecule has 0 bridgehead atoms. The van der Waals surface area contributed by atoms with Gasteiger partial charge in [-0.2, -0.15) is 5.10 Å². The average molecular weight is 253 g/mol. The lowest BCUT2D eigenvalue weighted by Crippen LogP contribution is -2.37. The standard InChI is InChI=1S/C14H27N3O/c1-11(2)13(10-18-6)15-7-12-8-16-17(9-12)14(3,4)5/h8-9,11,13,15H,7,10H2,1-6H3. The topological polar surface area (TPSA) is 39.1 Å². The Morgan fingerprint density at radius 3 is 2.50 bits per heavy atom. The second-order valence-corrected chi connectivity index (χ2v) is 6.15. The van der Waals surface area contributed by atoms with Gasteiger partial charge in [-0.25, -0.2) is 0 Å². The van der Waals surface area contributed by atoms with E-state index in [0.29, 0.717) is 12.0 Å². The Balaban J connectivity index is 2.55. The third-order valence-electron chi connectivity index (χ3n) is 3.04. The van der Waals surface area contributed by atoms with Gasteiger partial charge in [0.05, 0.1) is 18.3 Å². The largest absolute Gasteiger partial charge is 0.383 e. The van der Waals surface area contributed by atoms with Crippen LogP contribution < -0.4 is 5.32 Å². The number of methoxy groups -OCH3 is 1. The lowest BCUT2D eigenvalue weighted by Gasteiger charge is -2.21. The maximum atomic E-state index is 5.23. The first kappa shape index (κ1) is 15.2. The monoisotopic (exact) mass is 253 g/mol. The molecule has 1 aromatic heterocycles. The summed E-state index contributed by atoms with van der Waals surface area (Å²) in [6.07, 6.45) is 4.04. The maximum Gasteiger partial charge on any atom is 0.0618 e. The van der Waals surface area contributed by atoms with Crippen molar-refractivity contribution in [3.05, 3.63) is 18.0 Å². The van der Waals surface area contributed by atoms with Crippen molar-refractivity contribution in [2.24, 2.45) is 5.92 Å². The van der Waals surface area contributed by atoms with Gasteiger partial charge in [-0.15, -0.1) is 0 Å². The molecule has 1 heterocycles. The molecule has 1 N–H and O–H groups in total. The van der Waals surface area contributed by atoms with Crippen LogP contribution in [0.25, 0.3) is 0 Å². The minimum atomic E-state index is 0.0439. The molecule has 104 valence electrons. The van der Waals surface area contributed by atoms with Crippen LogP contribution in [0.4, 0.5) is 0 Å². The molecule has 0 aliphatic rings. The zero-order valence-corrected chi connectivity index (χ0v) is 12.5. The zero-order chi connectivity index (χ0) is 13.8. The molecule has 0 aliphatic carbocycles. The van der Waals surface area contributed by atoms with Crippen LogP contribution in [0.3, 0.4) is 0 Å². The summed E-state index contributed by atoms with van der Waals surface area (Å²) in [6, 6.07) is 0.382. The van der Waals surface area contributed by atoms with E-state index in [1.807, 2.05) is 10.9 Å². The van der Waals surface area contributed by atoms with Gasteiger partial charge >= 0.3 is 0 Å². The minimum absolute atomic E-state index is 0.0439. The summed E-state index contributed by atoms with van der Waals surface area (Å²) < 4.78 is 7.23. The van der Waals surface area contributed by atoms with Crippen LogP contribution in [0.5, 0.6) is 0 Å². The molecular formula is C14H27N3O. The van der Waals surface area contributed by atoms with Gasteiger partial charge in [-0.05, 0) is 26.7 Å². The highest BCUT2D eigenvalue weighted by atomic mass is 16.5. The summed E-state index contributed by atoms with van der Waals surface area (Å²) in [5.41, 5.74) is 1.26. The fourth-order valence-corrected chi connectivity index (χ4v) is 1.73. The van der Waals surface area contributed by atoms with E-state index in [4.69, 9.17) is 4.74 Å². The van der Waals surface area contributed by atoms with Gasteiger partial charge in [0.15, 0.2) is 0 Å². The number of ether oxygens (including phenoxy) is 1. The van der Waals surface area contributed by atoms with Gasteiger partial charge in [-0.3, -0.25) is 4.68 Å². The van der Waals surface area contributed by atoms with Crippen LogP contribution in [0.2, 0.25) is 0 Å². The Kier molecular flexibility index (Phi) is 5.35. The highest BCUT2D eigenvalue weighted by Crippen LogP contribution is 2.13. The molecule has 18 heavy (non-hydrogen) atoms. The van der Waals surface area contributed by atoms with Crippen molar-refractivity contribution in [3.8, 4) is 0 Å². The smallest absolute Gasteiger partial charge is 0.0618 e. The van der Waals surface area contributed by atoms with Crippen molar-refractivity contribution >= 4 is 0 Å². The van der Waals surface area contributed by atoms with Crippen LogP contribution in [0.1, 0.15) is 40.2 Å². The molecular weight excluding hydrogens is 226 g/mol. The van der Waals surface area contributed by atoms with Gasteiger partial charge < -0.3 is 10.1 Å². The van der Waals surface area contributed by atoms with Gasteiger partial charge in [0.25, 0.3) is 0 Å². The minimum Gasteiger partial charge on any atom is -0.383 e. The summed E-state index contributed by atoms with van der Waals surface area (Å²) in [7, 11) is 1.74. The molecule has 1 atom stereocenters. The first-order valence-electron chi connectivity index (χ1n) is 6.61. The highest BCUT2D eigenvalue weighted by molar-refractivity contribution is 5.05. The van der Waals surface area contributed by atoms with Crippen LogP contribution in [-0.2, 0) is 16.8 Å². The van der Waals surface area contributed by atoms with Gasteiger partial charge in [0.1, 0.15) is 0 Å². The number of hydrogen-bond acceptors (Lipinski definition) is 3. The first-order valence-corrected chi connectivity index (χ1v) is 6.61. The maximum absolute atomic E-state index is 5.23. The van der Waals surface area contributed by atoms with E-state index in [9.17, 15) is 0 Å². The predicted molar refractivity (Wildman–Crippen MR) is 74.6 cm³/mol. The summed E-state index contributed by atoms with van der Waals surface area (Å²) in [5.74, 6) is 0.558. The number of hydrogen-bond donors (Lipinski definition) is 1. The third-order valence-corrected chi connectivity index (χ3v) is 3.04. The van der Waals surface area contributed by atoms with E-state index in [1.165, 1.54) is 5.56 Å². The predicted octanol–water partition coefficient (Wildman–Crippen LogP) is 2.40. The second kappa shape index (κ2) is 6.34. The van der Waals surface area contributed by atoms with E-state index in [1.54, 1.807) is 7.11 Å². The zero-order valence-electron chi connectivity index (χ0n) is 12.5. The Morgan fingerprint density at radius 2 is 2.06 bits per heavy atom. The molecule has 4 nitrogen and oxygen atoms in total. The van der Waals surface area contributed by atoms with E-state index >= 15 is 0 Å². The van der Waals surface area contributed by atoms with Gasteiger partial charge in [0, 0.05) is 31.5 Å². The first-order chi connectivity index (χ1) is 8.34. The fraction of sp³-hybridized carbons (Fsp3) is 0.786. The Labute approximate surface area is 111 Å². The summed E-state index contributed by atoms with van der Waals surface area (Å²) >= 11 is 0. The SMILES string of the molecule is COCC(NCc1cnn(C(C)(C)C)c1)C(C)C. The summed E-state index contributed by atoms with van der Waals surface area (Å²) in [6.45, 7) is 12.4. The average Bonchev–Trinajstić information content (AvgIpc) is 2.71. The molecule has 0 radical (unpaired) electrons. The molecule has 4 heteroatoms. The summed E-state index contributed by atoms with van der Waals surface area (Å²) in [5, 5.41) is 7.92. The number of rotatable bonds is 6. The van der Waals surface area contributed by atoms with Crippen molar-refractivity contribution in [2.75, 3.05) is 13.7 Å². The molecule has 1 aromatic rings. The molecule has 0 saturated heterocycles. The third kappa shape index (κ3) is 4.42. The van der Waals surface area contributed by atoms with Crippen molar-refractivity contribution in [3.63, 3.8) is 0 Å². The molecule has 0 aromatic carbocycles. The quantitative estimate of drug-likeness (QED) is 0.846. The molecule has 0 aliphatic heterocycles. The van der Waals surface area contributed by atoms with Gasteiger partial charge in [0.2, 0.25) is 0 Å². The van der Waals surface area contributed by atoms with Crippen molar-refractivity contribution < 1.29 is 4.74 Å². The Hall–Kier alpha value is -0.870. The van der Waals surface area contributed by atoms with Crippen LogP contribution in [-0.4, -0.2) is 29.5 Å². The number of nitrogens with zero attached hydrogens (tertiary/aromatic N) is 2.